The third-order valence-electron chi connectivity index (χ3n) is 4.79. The molecule has 7 nitrogen and oxygen atoms in total. The SMILES string of the molecule is COc1cc(/C(C)=N\NC(=O)c2cc(-c3ccc4ccccc4c3)n[nH]2)ccc1O. The second-order valence-corrected chi connectivity index (χ2v) is 6.75. The minimum Gasteiger partial charge on any atom is -0.504 e. The molecule has 1 aromatic heterocycles. The Bertz CT molecular complexity index is 1260. The normalized spacial score (nSPS) is 11.5. The van der Waals surface area contributed by atoms with Gasteiger partial charge in [0.2, 0.25) is 0 Å². The number of aromatic hydroxyl groups is 1. The molecule has 150 valence electrons. The van der Waals surface area contributed by atoms with E-state index >= 15 is 0 Å². The Morgan fingerprint density at radius 1 is 1.07 bits per heavy atom. The zero-order valence-electron chi connectivity index (χ0n) is 16.5. The van der Waals surface area contributed by atoms with E-state index in [1.54, 1.807) is 25.1 Å². The van der Waals surface area contributed by atoms with Crippen molar-refractivity contribution in [2.75, 3.05) is 7.11 Å². The van der Waals surface area contributed by atoms with Crippen molar-refractivity contribution in [1.29, 1.82) is 0 Å². The first-order valence-electron chi connectivity index (χ1n) is 9.32. The van der Waals surface area contributed by atoms with Gasteiger partial charge in [-0.2, -0.15) is 10.2 Å². The highest BCUT2D eigenvalue weighted by molar-refractivity contribution is 6.01. The quantitative estimate of drug-likeness (QED) is 0.347. The number of rotatable bonds is 5. The van der Waals surface area contributed by atoms with Crippen molar-refractivity contribution >= 4 is 22.4 Å². The van der Waals surface area contributed by atoms with E-state index in [1.807, 2.05) is 42.5 Å². The Hall–Kier alpha value is -4.13. The van der Waals surface area contributed by atoms with Gasteiger partial charge in [-0.3, -0.25) is 9.89 Å². The number of fused-ring (bicyclic) bond motifs is 1. The molecular weight excluding hydrogens is 380 g/mol. The second kappa shape index (κ2) is 8.08. The summed E-state index contributed by atoms with van der Waals surface area (Å²) in [6.45, 7) is 1.75. The molecular formula is C23H20N4O3. The summed E-state index contributed by atoms with van der Waals surface area (Å²) in [7, 11) is 1.47. The van der Waals surface area contributed by atoms with Crippen molar-refractivity contribution in [2.24, 2.45) is 5.10 Å². The molecule has 0 aliphatic rings. The Morgan fingerprint density at radius 2 is 1.87 bits per heavy atom. The highest BCUT2D eigenvalue weighted by atomic mass is 16.5. The largest absolute Gasteiger partial charge is 0.504 e. The fraction of sp³-hybridized carbons (Fsp3) is 0.0870. The molecule has 0 spiro atoms. The van der Waals surface area contributed by atoms with Gasteiger partial charge in [0.25, 0.3) is 5.91 Å². The maximum atomic E-state index is 12.5. The number of aromatic amines is 1. The van der Waals surface area contributed by atoms with Gasteiger partial charge in [-0.1, -0.05) is 36.4 Å². The average molecular weight is 400 g/mol. The predicted molar refractivity (Wildman–Crippen MR) is 116 cm³/mol. The first-order chi connectivity index (χ1) is 14.5. The second-order valence-electron chi connectivity index (χ2n) is 6.75. The molecule has 0 saturated heterocycles. The number of amides is 1. The molecule has 0 fully saturated rings. The van der Waals surface area contributed by atoms with Crippen molar-refractivity contribution in [1.82, 2.24) is 15.6 Å². The van der Waals surface area contributed by atoms with Crippen LogP contribution < -0.4 is 10.2 Å². The van der Waals surface area contributed by atoms with E-state index in [2.05, 4.69) is 20.7 Å². The van der Waals surface area contributed by atoms with E-state index in [9.17, 15) is 9.90 Å². The molecule has 0 aliphatic heterocycles. The monoisotopic (exact) mass is 400 g/mol. The van der Waals surface area contributed by atoms with Gasteiger partial charge in [0, 0.05) is 11.1 Å². The van der Waals surface area contributed by atoms with Crippen LogP contribution in [0.25, 0.3) is 22.0 Å². The minimum atomic E-state index is -0.403. The number of methoxy groups -OCH3 is 1. The standard InChI is InChI=1S/C23H20N4O3/c1-14(16-9-10-21(28)22(12-16)30-2)24-27-23(29)20-13-19(25-26-20)18-8-7-15-5-3-4-6-17(15)11-18/h3-13,28H,1-2H3,(H,25,26)(H,27,29)/b24-14-. The van der Waals surface area contributed by atoms with E-state index < -0.39 is 5.91 Å². The van der Waals surface area contributed by atoms with Crippen LogP contribution in [0.1, 0.15) is 23.0 Å². The Morgan fingerprint density at radius 3 is 2.67 bits per heavy atom. The van der Waals surface area contributed by atoms with Crippen LogP contribution in [0, 0.1) is 0 Å². The zero-order valence-corrected chi connectivity index (χ0v) is 16.5. The van der Waals surface area contributed by atoms with Crippen LogP contribution in [0.2, 0.25) is 0 Å². The van der Waals surface area contributed by atoms with E-state index in [-0.39, 0.29) is 5.75 Å². The summed E-state index contributed by atoms with van der Waals surface area (Å²) < 4.78 is 5.10. The number of hydrogen-bond acceptors (Lipinski definition) is 5. The van der Waals surface area contributed by atoms with Gasteiger partial charge >= 0.3 is 0 Å². The number of nitrogens with zero attached hydrogens (tertiary/aromatic N) is 2. The summed E-state index contributed by atoms with van der Waals surface area (Å²) in [5.41, 5.74) is 5.69. The number of hydrogen-bond donors (Lipinski definition) is 3. The van der Waals surface area contributed by atoms with Gasteiger partial charge in [0.05, 0.1) is 18.5 Å². The van der Waals surface area contributed by atoms with Gasteiger partial charge in [-0.15, -0.1) is 0 Å². The number of H-pyrrole nitrogens is 1. The smallest absolute Gasteiger partial charge is 0.289 e. The number of aromatic nitrogens is 2. The molecule has 0 unspecified atom stereocenters. The Balaban J connectivity index is 1.50. The summed E-state index contributed by atoms with van der Waals surface area (Å²) in [5.74, 6) is -0.0293. The van der Waals surface area contributed by atoms with Crippen LogP contribution in [0.3, 0.4) is 0 Å². The van der Waals surface area contributed by atoms with E-state index in [0.717, 1.165) is 16.3 Å². The number of carbonyl (C=O) groups excluding carboxylic acids is 1. The highest BCUT2D eigenvalue weighted by Crippen LogP contribution is 2.26. The molecule has 30 heavy (non-hydrogen) atoms. The lowest BCUT2D eigenvalue weighted by Gasteiger charge is -2.06. The summed E-state index contributed by atoms with van der Waals surface area (Å²) in [6, 6.07) is 20.6. The number of hydrazone groups is 1. The fourth-order valence-electron chi connectivity index (χ4n) is 3.10. The maximum absolute atomic E-state index is 12.5. The third-order valence-corrected chi connectivity index (χ3v) is 4.79. The summed E-state index contributed by atoms with van der Waals surface area (Å²) in [4.78, 5) is 12.5. The Labute approximate surface area is 173 Å². The van der Waals surface area contributed by atoms with Crippen LogP contribution in [-0.4, -0.2) is 34.0 Å². The minimum absolute atomic E-state index is 0.0387. The van der Waals surface area contributed by atoms with Crippen molar-refractivity contribution in [3.05, 3.63) is 78.0 Å². The lowest BCUT2D eigenvalue weighted by molar-refractivity contribution is 0.0950. The van der Waals surface area contributed by atoms with Gasteiger partial charge in [-0.05, 0) is 48.0 Å². The molecule has 4 rings (SSSR count). The van der Waals surface area contributed by atoms with Crippen LogP contribution in [0.5, 0.6) is 11.5 Å². The van der Waals surface area contributed by atoms with Crippen LogP contribution in [0.15, 0.2) is 71.8 Å². The molecule has 0 bridgehead atoms. The maximum Gasteiger partial charge on any atom is 0.289 e. The number of benzene rings is 3. The molecule has 0 radical (unpaired) electrons. The predicted octanol–water partition coefficient (Wildman–Crippen LogP) is 4.10. The van der Waals surface area contributed by atoms with Crippen LogP contribution >= 0.6 is 0 Å². The van der Waals surface area contributed by atoms with Crippen LogP contribution in [0.4, 0.5) is 0 Å². The van der Waals surface area contributed by atoms with Gasteiger partial charge in [0.15, 0.2) is 11.5 Å². The van der Waals surface area contributed by atoms with Gasteiger partial charge < -0.3 is 9.84 Å². The average Bonchev–Trinajstić information content (AvgIpc) is 3.27. The van der Waals surface area contributed by atoms with E-state index in [0.29, 0.717) is 28.4 Å². The van der Waals surface area contributed by atoms with Gasteiger partial charge in [0.1, 0.15) is 5.69 Å². The highest BCUT2D eigenvalue weighted by Gasteiger charge is 2.12. The molecule has 0 aliphatic carbocycles. The molecule has 0 atom stereocenters. The van der Waals surface area contributed by atoms with Crippen molar-refractivity contribution < 1.29 is 14.6 Å². The summed E-state index contributed by atoms with van der Waals surface area (Å²) >= 11 is 0. The van der Waals surface area contributed by atoms with E-state index in [4.69, 9.17) is 4.74 Å². The first kappa shape index (κ1) is 19.2. The molecule has 0 saturated carbocycles. The number of phenolic OH excluding ortho intramolecular Hbond substituents is 1. The zero-order chi connectivity index (χ0) is 21.1. The Kier molecular flexibility index (Phi) is 5.17. The summed E-state index contributed by atoms with van der Waals surface area (Å²) in [6.07, 6.45) is 0. The number of carbonyl (C=O) groups is 1. The molecule has 1 amide bonds. The lowest BCUT2D eigenvalue weighted by atomic mass is 10.1. The lowest BCUT2D eigenvalue weighted by Crippen LogP contribution is -2.19. The van der Waals surface area contributed by atoms with Crippen LogP contribution in [-0.2, 0) is 0 Å². The molecule has 7 heteroatoms. The number of ether oxygens (including phenoxy) is 1. The molecule has 1 heterocycles. The van der Waals surface area contributed by atoms with Crippen molar-refractivity contribution in [2.45, 2.75) is 6.92 Å². The molecule has 3 N–H and O–H groups in total. The van der Waals surface area contributed by atoms with E-state index in [1.165, 1.54) is 13.2 Å². The molecule has 4 aromatic rings. The topological polar surface area (TPSA) is 99.6 Å². The number of phenols is 1. The number of nitrogens with one attached hydrogen (secondary N) is 2. The summed E-state index contributed by atoms with van der Waals surface area (Å²) in [5, 5.41) is 23.1. The van der Waals surface area contributed by atoms with Crippen molar-refractivity contribution in [3.8, 4) is 22.8 Å². The fourth-order valence-corrected chi connectivity index (χ4v) is 3.10. The van der Waals surface area contributed by atoms with Crippen molar-refractivity contribution in [3.63, 3.8) is 0 Å². The third kappa shape index (κ3) is 3.86. The molecule has 3 aromatic carbocycles. The van der Waals surface area contributed by atoms with Gasteiger partial charge in [-0.25, -0.2) is 5.43 Å². The first-order valence-corrected chi connectivity index (χ1v) is 9.32.